The first-order chi connectivity index (χ1) is 7.66. The maximum atomic E-state index is 11.7. The van der Waals surface area contributed by atoms with Crippen molar-refractivity contribution in [2.24, 2.45) is 0 Å². The summed E-state index contributed by atoms with van der Waals surface area (Å²) in [5, 5.41) is 14.1. The summed E-state index contributed by atoms with van der Waals surface area (Å²) in [6.45, 7) is 1.90. The van der Waals surface area contributed by atoms with Gasteiger partial charge in [-0.3, -0.25) is 4.79 Å². The second kappa shape index (κ2) is 4.37. The lowest BCUT2D eigenvalue weighted by Gasteiger charge is -2.06. The smallest absolute Gasteiger partial charge is 0.265 e. The van der Waals surface area contributed by atoms with Crippen LogP contribution in [0.3, 0.4) is 0 Å². The summed E-state index contributed by atoms with van der Waals surface area (Å²) in [7, 11) is 0. The summed E-state index contributed by atoms with van der Waals surface area (Å²) in [4.78, 5) is 12.4. The molecule has 0 fully saturated rings. The molecule has 0 saturated carbocycles. The van der Waals surface area contributed by atoms with E-state index in [1.807, 2.05) is 18.4 Å². The van der Waals surface area contributed by atoms with E-state index in [0.29, 0.717) is 10.6 Å². The zero-order valence-electron chi connectivity index (χ0n) is 8.73. The molecule has 0 atom stereocenters. The first-order valence-electron chi connectivity index (χ1n) is 4.81. The molecule has 0 aliphatic heterocycles. The van der Waals surface area contributed by atoms with Crippen molar-refractivity contribution in [3.8, 4) is 5.75 Å². The number of hydrogen-bond donors (Lipinski definition) is 2. The topological polar surface area (TPSA) is 49.3 Å². The fraction of sp³-hybridized carbons (Fsp3) is 0.0833. The molecule has 0 spiro atoms. The third kappa shape index (κ3) is 2.23. The van der Waals surface area contributed by atoms with Crippen LogP contribution < -0.4 is 5.32 Å². The molecular formula is C12H11NO2S. The Morgan fingerprint density at radius 3 is 2.88 bits per heavy atom. The Balaban J connectivity index is 2.21. The molecule has 0 saturated heterocycles. The van der Waals surface area contributed by atoms with Crippen LogP contribution in [0.1, 0.15) is 15.2 Å². The van der Waals surface area contributed by atoms with Crippen molar-refractivity contribution in [3.05, 3.63) is 46.2 Å². The Morgan fingerprint density at radius 1 is 1.38 bits per heavy atom. The van der Waals surface area contributed by atoms with E-state index >= 15 is 0 Å². The number of hydrogen-bond acceptors (Lipinski definition) is 3. The van der Waals surface area contributed by atoms with Crippen LogP contribution >= 0.6 is 11.3 Å². The largest absolute Gasteiger partial charge is 0.506 e. The van der Waals surface area contributed by atoms with Gasteiger partial charge in [0.25, 0.3) is 5.91 Å². The number of nitrogens with one attached hydrogen (secondary N) is 1. The van der Waals surface area contributed by atoms with Gasteiger partial charge in [-0.1, -0.05) is 12.1 Å². The summed E-state index contributed by atoms with van der Waals surface area (Å²) in [6.07, 6.45) is 0. The van der Waals surface area contributed by atoms with Crippen molar-refractivity contribution in [1.29, 1.82) is 0 Å². The summed E-state index contributed by atoms with van der Waals surface area (Å²) in [6, 6.07) is 8.65. The number of aryl methyl sites for hydroxylation is 1. The van der Waals surface area contributed by atoms with Gasteiger partial charge in [0.1, 0.15) is 5.75 Å². The highest BCUT2D eigenvalue weighted by atomic mass is 32.1. The molecule has 1 heterocycles. The number of anilines is 1. The van der Waals surface area contributed by atoms with Crippen LogP contribution in [0, 0.1) is 6.92 Å². The van der Waals surface area contributed by atoms with Crippen molar-refractivity contribution < 1.29 is 9.90 Å². The molecular weight excluding hydrogens is 222 g/mol. The second-order valence-electron chi connectivity index (χ2n) is 3.45. The number of rotatable bonds is 2. The van der Waals surface area contributed by atoms with E-state index in [-0.39, 0.29) is 11.7 Å². The van der Waals surface area contributed by atoms with E-state index in [9.17, 15) is 9.90 Å². The molecule has 82 valence electrons. The van der Waals surface area contributed by atoms with Gasteiger partial charge in [0.2, 0.25) is 0 Å². The molecule has 2 rings (SSSR count). The third-order valence-corrected chi connectivity index (χ3v) is 3.01. The highest BCUT2D eigenvalue weighted by molar-refractivity contribution is 7.12. The van der Waals surface area contributed by atoms with Gasteiger partial charge in [0, 0.05) is 0 Å². The van der Waals surface area contributed by atoms with Crippen LogP contribution in [0.4, 0.5) is 5.69 Å². The Kier molecular flexibility index (Phi) is 2.92. The minimum absolute atomic E-state index is 0.0792. The lowest BCUT2D eigenvalue weighted by molar-refractivity contribution is 0.103. The molecule has 0 aliphatic carbocycles. The van der Waals surface area contributed by atoms with Gasteiger partial charge >= 0.3 is 0 Å². The number of carbonyl (C=O) groups is 1. The van der Waals surface area contributed by atoms with Gasteiger partial charge in [-0.2, -0.15) is 0 Å². The number of aromatic hydroxyl groups is 1. The average molecular weight is 233 g/mol. The van der Waals surface area contributed by atoms with E-state index in [2.05, 4.69) is 5.32 Å². The summed E-state index contributed by atoms with van der Waals surface area (Å²) >= 11 is 1.37. The van der Waals surface area contributed by atoms with Gasteiger partial charge in [-0.15, -0.1) is 11.3 Å². The molecule has 2 aromatic rings. The van der Waals surface area contributed by atoms with Crippen molar-refractivity contribution in [2.75, 3.05) is 5.32 Å². The standard InChI is InChI=1S/C12H11NO2S/c1-8-4-5-10(14)9(7-8)13-12(15)11-3-2-6-16-11/h2-7,14H,1H3,(H,13,15). The predicted molar refractivity (Wildman–Crippen MR) is 65.1 cm³/mol. The van der Waals surface area contributed by atoms with Crippen molar-refractivity contribution in [3.63, 3.8) is 0 Å². The predicted octanol–water partition coefficient (Wildman–Crippen LogP) is 3.01. The quantitative estimate of drug-likeness (QED) is 0.783. The molecule has 1 amide bonds. The van der Waals surface area contributed by atoms with Gasteiger partial charge in [0.05, 0.1) is 10.6 Å². The monoisotopic (exact) mass is 233 g/mol. The third-order valence-electron chi connectivity index (χ3n) is 2.15. The number of phenols is 1. The molecule has 4 heteroatoms. The molecule has 2 N–H and O–H groups in total. The Bertz CT molecular complexity index is 506. The molecule has 1 aromatic carbocycles. The maximum Gasteiger partial charge on any atom is 0.265 e. The van der Waals surface area contributed by atoms with Crippen molar-refractivity contribution in [1.82, 2.24) is 0 Å². The SMILES string of the molecule is Cc1ccc(O)c(NC(=O)c2cccs2)c1. The number of amides is 1. The molecule has 3 nitrogen and oxygen atoms in total. The van der Waals surface area contributed by atoms with Crippen LogP contribution in [0.15, 0.2) is 35.7 Å². The van der Waals surface area contributed by atoms with Crippen LogP contribution in [-0.2, 0) is 0 Å². The van der Waals surface area contributed by atoms with E-state index in [1.165, 1.54) is 11.3 Å². The number of carbonyl (C=O) groups excluding carboxylic acids is 1. The minimum Gasteiger partial charge on any atom is -0.506 e. The summed E-state index contributed by atoms with van der Waals surface area (Å²) in [5.41, 5.74) is 1.43. The minimum atomic E-state index is -0.198. The Hall–Kier alpha value is -1.81. The number of benzene rings is 1. The fourth-order valence-electron chi connectivity index (χ4n) is 1.34. The number of thiophene rings is 1. The summed E-state index contributed by atoms with van der Waals surface area (Å²) in [5.74, 6) is -0.119. The highest BCUT2D eigenvalue weighted by Gasteiger charge is 2.09. The highest BCUT2D eigenvalue weighted by Crippen LogP contribution is 2.24. The molecule has 1 aromatic heterocycles. The molecule has 0 unspecified atom stereocenters. The molecule has 0 bridgehead atoms. The van der Waals surface area contributed by atoms with Crippen LogP contribution in [-0.4, -0.2) is 11.0 Å². The van der Waals surface area contributed by atoms with Gasteiger partial charge in [-0.25, -0.2) is 0 Å². The van der Waals surface area contributed by atoms with Gasteiger partial charge in [0.15, 0.2) is 0 Å². The number of phenolic OH excluding ortho intramolecular Hbond substituents is 1. The Labute approximate surface area is 97.4 Å². The van der Waals surface area contributed by atoms with Crippen LogP contribution in [0.5, 0.6) is 5.75 Å². The van der Waals surface area contributed by atoms with E-state index < -0.39 is 0 Å². The first kappa shape index (κ1) is 10.7. The fourth-order valence-corrected chi connectivity index (χ4v) is 1.96. The molecule has 0 radical (unpaired) electrons. The maximum absolute atomic E-state index is 11.7. The zero-order chi connectivity index (χ0) is 11.5. The average Bonchev–Trinajstić information content (AvgIpc) is 2.76. The lowest BCUT2D eigenvalue weighted by atomic mass is 10.2. The first-order valence-corrected chi connectivity index (χ1v) is 5.69. The van der Waals surface area contributed by atoms with E-state index in [0.717, 1.165) is 5.56 Å². The molecule has 16 heavy (non-hydrogen) atoms. The van der Waals surface area contributed by atoms with Crippen LogP contribution in [0.25, 0.3) is 0 Å². The van der Waals surface area contributed by atoms with Crippen molar-refractivity contribution >= 4 is 22.9 Å². The molecule has 0 aliphatic rings. The van der Waals surface area contributed by atoms with Gasteiger partial charge < -0.3 is 10.4 Å². The Morgan fingerprint density at radius 2 is 2.19 bits per heavy atom. The van der Waals surface area contributed by atoms with E-state index in [4.69, 9.17) is 0 Å². The summed E-state index contributed by atoms with van der Waals surface area (Å²) < 4.78 is 0. The second-order valence-corrected chi connectivity index (χ2v) is 4.40. The van der Waals surface area contributed by atoms with Crippen LogP contribution in [0.2, 0.25) is 0 Å². The van der Waals surface area contributed by atoms with Crippen molar-refractivity contribution in [2.45, 2.75) is 6.92 Å². The zero-order valence-corrected chi connectivity index (χ0v) is 9.54. The lowest BCUT2D eigenvalue weighted by Crippen LogP contribution is -2.10. The normalized spacial score (nSPS) is 10.1. The van der Waals surface area contributed by atoms with Gasteiger partial charge in [-0.05, 0) is 36.1 Å². The van der Waals surface area contributed by atoms with E-state index in [1.54, 1.807) is 24.3 Å².